The summed E-state index contributed by atoms with van der Waals surface area (Å²) in [4.78, 5) is 22.8. The highest BCUT2D eigenvalue weighted by Gasteiger charge is 2.14. The standard InChI is InChI=1S/C9H10ClN3O2/c10-6-1-3-7(4-2-6)13(9(12)15)5-8(11)14/h1-4H,5H2,(H2,11,14)(H2,12,15). The fourth-order valence-corrected chi connectivity index (χ4v) is 1.20. The Labute approximate surface area is 91.6 Å². The summed E-state index contributed by atoms with van der Waals surface area (Å²) in [6.07, 6.45) is 0. The van der Waals surface area contributed by atoms with Crippen molar-refractivity contribution in [3.63, 3.8) is 0 Å². The maximum absolute atomic E-state index is 11.0. The second-order valence-electron chi connectivity index (χ2n) is 2.87. The van der Waals surface area contributed by atoms with Crippen molar-refractivity contribution < 1.29 is 9.59 Å². The van der Waals surface area contributed by atoms with Gasteiger partial charge in [-0.1, -0.05) is 11.6 Å². The Balaban J connectivity index is 2.94. The molecule has 0 aliphatic heterocycles. The summed E-state index contributed by atoms with van der Waals surface area (Å²) in [5, 5.41) is 0.530. The molecule has 0 unspecified atom stereocenters. The van der Waals surface area contributed by atoms with Gasteiger partial charge in [0.15, 0.2) is 0 Å². The maximum Gasteiger partial charge on any atom is 0.319 e. The Bertz CT molecular complexity index is 377. The van der Waals surface area contributed by atoms with Crippen LogP contribution in [0.4, 0.5) is 10.5 Å². The van der Waals surface area contributed by atoms with Crippen LogP contribution in [0.3, 0.4) is 0 Å². The van der Waals surface area contributed by atoms with Gasteiger partial charge in [0.2, 0.25) is 5.91 Å². The van der Waals surface area contributed by atoms with E-state index in [1.165, 1.54) is 0 Å². The molecule has 1 rings (SSSR count). The van der Waals surface area contributed by atoms with Crippen molar-refractivity contribution in [2.75, 3.05) is 11.4 Å². The minimum atomic E-state index is -0.740. The van der Waals surface area contributed by atoms with Crippen LogP contribution in [-0.2, 0) is 4.79 Å². The number of carbonyl (C=O) groups excluding carboxylic acids is 2. The number of carbonyl (C=O) groups is 2. The van der Waals surface area contributed by atoms with Crippen LogP contribution in [0.1, 0.15) is 0 Å². The number of nitrogens with two attached hydrogens (primary N) is 2. The number of urea groups is 1. The SMILES string of the molecule is NC(=O)CN(C(N)=O)c1ccc(Cl)cc1. The Morgan fingerprint density at radius 1 is 1.20 bits per heavy atom. The Hall–Kier alpha value is -1.75. The Kier molecular flexibility index (Phi) is 3.51. The first-order valence-corrected chi connectivity index (χ1v) is 4.49. The topological polar surface area (TPSA) is 89.4 Å². The molecule has 15 heavy (non-hydrogen) atoms. The number of nitrogens with zero attached hydrogens (tertiary/aromatic N) is 1. The molecule has 0 heterocycles. The van der Waals surface area contributed by atoms with E-state index in [1.807, 2.05) is 0 Å². The molecule has 0 aliphatic rings. The molecular weight excluding hydrogens is 218 g/mol. The van der Waals surface area contributed by atoms with E-state index in [0.717, 1.165) is 4.90 Å². The first kappa shape index (κ1) is 11.3. The fraction of sp³-hybridized carbons (Fsp3) is 0.111. The molecule has 1 aromatic rings. The molecule has 0 fully saturated rings. The smallest absolute Gasteiger partial charge is 0.319 e. The molecule has 0 saturated heterocycles. The van der Waals surface area contributed by atoms with Crippen LogP contribution in [0.25, 0.3) is 0 Å². The predicted octanol–water partition coefficient (Wildman–Crippen LogP) is 0.710. The van der Waals surface area contributed by atoms with Crippen LogP contribution >= 0.6 is 11.6 Å². The molecule has 0 bridgehead atoms. The second kappa shape index (κ2) is 4.65. The molecule has 0 radical (unpaired) electrons. The number of anilines is 1. The van der Waals surface area contributed by atoms with Gasteiger partial charge in [0.05, 0.1) is 0 Å². The van der Waals surface area contributed by atoms with Crippen molar-refractivity contribution in [3.05, 3.63) is 29.3 Å². The van der Waals surface area contributed by atoms with Gasteiger partial charge in [-0.05, 0) is 24.3 Å². The molecule has 0 aromatic heterocycles. The van der Waals surface area contributed by atoms with Gasteiger partial charge in [-0.25, -0.2) is 4.79 Å². The van der Waals surface area contributed by atoms with E-state index >= 15 is 0 Å². The first-order chi connectivity index (χ1) is 7.00. The van der Waals surface area contributed by atoms with Gasteiger partial charge >= 0.3 is 6.03 Å². The monoisotopic (exact) mass is 227 g/mol. The van der Waals surface area contributed by atoms with Crippen molar-refractivity contribution in [3.8, 4) is 0 Å². The Morgan fingerprint density at radius 2 is 1.73 bits per heavy atom. The summed E-state index contributed by atoms with van der Waals surface area (Å²) in [5.74, 6) is -0.635. The maximum atomic E-state index is 11.0. The summed E-state index contributed by atoms with van der Waals surface area (Å²) >= 11 is 5.68. The summed E-state index contributed by atoms with van der Waals surface area (Å²) in [5.41, 5.74) is 10.6. The number of rotatable bonds is 3. The minimum absolute atomic E-state index is 0.253. The van der Waals surface area contributed by atoms with Crippen LogP contribution in [0.2, 0.25) is 5.02 Å². The van der Waals surface area contributed by atoms with Gasteiger partial charge in [0.25, 0.3) is 0 Å². The first-order valence-electron chi connectivity index (χ1n) is 4.11. The third-order valence-corrected chi connectivity index (χ3v) is 1.97. The van der Waals surface area contributed by atoms with Gasteiger partial charge in [-0.3, -0.25) is 9.69 Å². The average Bonchev–Trinajstić information content (AvgIpc) is 2.15. The largest absolute Gasteiger partial charge is 0.368 e. The zero-order valence-corrected chi connectivity index (χ0v) is 8.57. The van der Waals surface area contributed by atoms with E-state index in [4.69, 9.17) is 23.1 Å². The zero-order chi connectivity index (χ0) is 11.4. The van der Waals surface area contributed by atoms with Gasteiger partial charge in [-0.2, -0.15) is 0 Å². The summed E-state index contributed by atoms with van der Waals surface area (Å²) in [6.45, 7) is -0.253. The minimum Gasteiger partial charge on any atom is -0.368 e. The number of hydrogen-bond acceptors (Lipinski definition) is 2. The number of hydrogen-bond donors (Lipinski definition) is 2. The van der Waals surface area contributed by atoms with E-state index in [0.29, 0.717) is 10.7 Å². The van der Waals surface area contributed by atoms with Gasteiger partial charge in [-0.15, -0.1) is 0 Å². The normalized spacial score (nSPS) is 9.67. The van der Waals surface area contributed by atoms with Crippen LogP contribution in [-0.4, -0.2) is 18.5 Å². The van der Waals surface area contributed by atoms with Crippen molar-refractivity contribution in [2.45, 2.75) is 0 Å². The molecule has 80 valence electrons. The summed E-state index contributed by atoms with van der Waals surface area (Å²) in [6, 6.07) is 5.60. The van der Waals surface area contributed by atoms with Gasteiger partial charge in [0, 0.05) is 10.7 Å². The lowest BCUT2D eigenvalue weighted by Crippen LogP contribution is -2.41. The van der Waals surface area contributed by atoms with E-state index in [2.05, 4.69) is 0 Å². The van der Waals surface area contributed by atoms with Crippen molar-refractivity contribution in [1.82, 2.24) is 0 Å². The number of amides is 3. The molecule has 0 atom stereocenters. The highest BCUT2D eigenvalue weighted by molar-refractivity contribution is 6.30. The molecule has 1 aromatic carbocycles. The summed E-state index contributed by atoms with van der Waals surface area (Å²) in [7, 11) is 0. The predicted molar refractivity (Wildman–Crippen MR) is 57.6 cm³/mol. The lowest BCUT2D eigenvalue weighted by molar-refractivity contribution is -0.116. The molecular formula is C9H10ClN3O2. The van der Waals surface area contributed by atoms with Crippen molar-refractivity contribution >= 4 is 29.2 Å². The molecule has 6 heteroatoms. The van der Waals surface area contributed by atoms with Crippen LogP contribution < -0.4 is 16.4 Å². The van der Waals surface area contributed by atoms with E-state index < -0.39 is 11.9 Å². The van der Waals surface area contributed by atoms with E-state index in [9.17, 15) is 9.59 Å². The molecule has 3 amide bonds. The second-order valence-corrected chi connectivity index (χ2v) is 3.30. The van der Waals surface area contributed by atoms with Gasteiger partial charge in [0.1, 0.15) is 6.54 Å². The third-order valence-electron chi connectivity index (χ3n) is 1.72. The molecule has 5 nitrogen and oxygen atoms in total. The number of halogens is 1. The average molecular weight is 228 g/mol. The molecule has 0 spiro atoms. The molecule has 0 aliphatic carbocycles. The van der Waals surface area contributed by atoms with Crippen molar-refractivity contribution in [1.29, 1.82) is 0 Å². The highest BCUT2D eigenvalue weighted by atomic mass is 35.5. The summed E-state index contributed by atoms with van der Waals surface area (Å²) < 4.78 is 0. The molecule has 0 saturated carbocycles. The lowest BCUT2D eigenvalue weighted by Gasteiger charge is -2.18. The van der Waals surface area contributed by atoms with Crippen LogP contribution in [0, 0.1) is 0 Å². The van der Waals surface area contributed by atoms with Crippen LogP contribution in [0.5, 0.6) is 0 Å². The molecule has 4 N–H and O–H groups in total. The quantitative estimate of drug-likeness (QED) is 0.796. The van der Waals surface area contributed by atoms with Crippen LogP contribution in [0.15, 0.2) is 24.3 Å². The highest BCUT2D eigenvalue weighted by Crippen LogP contribution is 2.17. The number of primary amides is 2. The van der Waals surface area contributed by atoms with E-state index in [1.54, 1.807) is 24.3 Å². The zero-order valence-electron chi connectivity index (χ0n) is 7.81. The van der Waals surface area contributed by atoms with E-state index in [-0.39, 0.29) is 6.54 Å². The third kappa shape index (κ3) is 3.14. The fourth-order valence-electron chi connectivity index (χ4n) is 1.07. The van der Waals surface area contributed by atoms with Crippen molar-refractivity contribution in [2.24, 2.45) is 11.5 Å². The van der Waals surface area contributed by atoms with Gasteiger partial charge < -0.3 is 11.5 Å². The lowest BCUT2D eigenvalue weighted by atomic mass is 10.3. The number of benzene rings is 1. The Morgan fingerprint density at radius 3 is 2.13 bits per heavy atom.